The van der Waals surface area contributed by atoms with E-state index in [1.807, 2.05) is 48.9 Å². The number of carbonyl (C=O) groups is 3. The molecule has 5 N–H and O–H groups in total. The zero-order chi connectivity index (χ0) is 34.9. The monoisotopic (exact) mass is 698 g/mol. The van der Waals surface area contributed by atoms with Crippen LogP contribution in [0.1, 0.15) is 81.7 Å². The van der Waals surface area contributed by atoms with E-state index in [0.717, 1.165) is 104 Å². The highest BCUT2D eigenvalue weighted by Gasteiger charge is 2.28. The van der Waals surface area contributed by atoms with Gasteiger partial charge in [-0.05, 0) is 74.8 Å². The Morgan fingerprint density at radius 2 is 1.70 bits per heavy atom. The van der Waals surface area contributed by atoms with Crippen molar-refractivity contribution in [3.8, 4) is 11.1 Å². The van der Waals surface area contributed by atoms with Gasteiger partial charge in [0, 0.05) is 63.0 Å². The summed E-state index contributed by atoms with van der Waals surface area (Å²) in [7, 11) is 1.86. The highest BCUT2D eigenvalue weighted by Crippen LogP contribution is 2.38. The van der Waals surface area contributed by atoms with Crippen molar-refractivity contribution in [3.63, 3.8) is 0 Å². The summed E-state index contributed by atoms with van der Waals surface area (Å²) in [5.41, 5.74) is 7.33. The first kappa shape index (κ1) is 34.0. The highest BCUT2D eigenvalue weighted by atomic mass is 35.5. The van der Waals surface area contributed by atoms with Crippen molar-refractivity contribution < 1.29 is 19.5 Å². The van der Waals surface area contributed by atoms with E-state index in [-0.39, 0.29) is 23.6 Å². The topological polar surface area (TPSA) is 157 Å². The van der Waals surface area contributed by atoms with Crippen LogP contribution < -0.4 is 16.0 Å². The van der Waals surface area contributed by atoms with Crippen LogP contribution in [0.2, 0.25) is 5.02 Å². The van der Waals surface area contributed by atoms with E-state index < -0.39 is 5.97 Å². The van der Waals surface area contributed by atoms with E-state index in [9.17, 15) is 19.5 Å². The van der Waals surface area contributed by atoms with Gasteiger partial charge in [0.2, 0.25) is 0 Å². The second-order valence-corrected chi connectivity index (χ2v) is 14.1. The van der Waals surface area contributed by atoms with Gasteiger partial charge in [-0.25, -0.2) is 9.97 Å². The fourth-order valence-corrected chi connectivity index (χ4v) is 7.90. The number of amides is 2. The van der Waals surface area contributed by atoms with E-state index in [1.54, 1.807) is 6.07 Å². The summed E-state index contributed by atoms with van der Waals surface area (Å²) in [6.07, 6.45) is 6.14. The number of halogens is 1. The molecule has 2 aromatic carbocycles. The van der Waals surface area contributed by atoms with E-state index in [0.29, 0.717) is 41.2 Å². The summed E-state index contributed by atoms with van der Waals surface area (Å²) in [5, 5.41) is 19.0. The lowest BCUT2D eigenvalue weighted by Crippen LogP contribution is -2.33. The first-order valence-corrected chi connectivity index (χ1v) is 17.8. The summed E-state index contributed by atoms with van der Waals surface area (Å²) in [5.74, 6) is -0.310. The minimum Gasteiger partial charge on any atom is -0.481 e. The first-order valence-electron chi connectivity index (χ1n) is 17.5. The molecule has 1 saturated carbocycles. The zero-order valence-corrected chi connectivity index (χ0v) is 29.2. The number of hydrogen-bond donors (Lipinski definition) is 5. The van der Waals surface area contributed by atoms with Crippen LogP contribution in [-0.4, -0.2) is 66.9 Å². The minimum atomic E-state index is -0.664. The van der Waals surface area contributed by atoms with Crippen LogP contribution in [0.4, 0.5) is 11.4 Å². The van der Waals surface area contributed by atoms with Crippen LogP contribution in [0, 0.1) is 18.8 Å². The summed E-state index contributed by atoms with van der Waals surface area (Å²) >= 11 is 6.92. The Bertz CT molecular complexity index is 1940. The summed E-state index contributed by atoms with van der Waals surface area (Å²) in [6, 6.07) is 11.2. The predicted molar refractivity (Wildman–Crippen MR) is 191 cm³/mol. The lowest BCUT2D eigenvalue weighted by molar-refractivity contribution is -0.143. The van der Waals surface area contributed by atoms with Gasteiger partial charge in [0.15, 0.2) is 11.6 Å². The summed E-state index contributed by atoms with van der Waals surface area (Å²) in [6.45, 7) is 5.96. The average Bonchev–Trinajstić information content (AvgIpc) is 3.70. The normalized spacial score (nSPS) is 19.0. The van der Waals surface area contributed by atoms with E-state index >= 15 is 0 Å². The molecule has 0 radical (unpaired) electrons. The maximum atomic E-state index is 13.5. The number of nitrogens with one attached hydrogen (secondary N) is 4. The van der Waals surface area contributed by atoms with E-state index in [1.165, 1.54) is 0 Å². The lowest BCUT2D eigenvalue weighted by atomic mass is 9.80. The Balaban J connectivity index is 1.00. The molecule has 0 unspecified atom stereocenters. The van der Waals surface area contributed by atoms with Crippen LogP contribution in [0.5, 0.6) is 0 Å². The maximum Gasteiger partial charge on any atom is 0.306 e. The third kappa shape index (κ3) is 6.92. The molecule has 4 aromatic rings. The molecule has 1 aliphatic carbocycles. The molecule has 50 heavy (non-hydrogen) atoms. The minimum absolute atomic E-state index is 0.186. The zero-order valence-electron chi connectivity index (χ0n) is 28.4. The number of fused-ring (bicyclic) bond motifs is 2. The van der Waals surface area contributed by atoms with Crippen LogP contribution in [0.25, 0.3) is 11.1 Å². The van der Waals surface area contributed by atoms with Crippen LogP contribution in [0.15, 0.2) is 36.4 Å². The molecule has 7 rings (SSSR count). The Labute approximate surface area is 296 Å². The number of rotatable bonds is 9. The number of benzene rings is 2. The second-order valence-electron chi connectivity index (χ2n) is 13.7. The van der Waals surface area contributed by atoms with Crippen molar-refractivity contribution in [2.24, 2.45) is 18.9 Å². The molecular formula is C37H43ClN8O4. The van der Waals surface area contributed by atoms with Gasteiger partial charge in [0.05, 0.1) is 33.7 Å². The van der Waals surface area contributed by atoms with Crippen LogP contribution in [-0.2, 0) is 37.8 Å². The lowest BCUT2D eigenvalue weighted by Gasteiger charge is -2.30. The molecular weight excluding hydrogens is 656 g/mol. The standard InChI is InChI=1S/C37H43ClN8O4/c1-21-24(25-6-4-8-28(32(25)38)44-36(48)34-42-29-19-39-16-13-31(29)45(34)2)5-3-7-26(21)43-35(47)33-40-27-15-18-46(20-30(27)41-33)17-14-22-9-11-23(12-10-22)37(49)50/h3-8,22-23,39H,9-20H2,1-2H3,(H,40,41)(H,43,47)(H,44,48)(H,49,50). The molecule has 3 aliphatic rings. The van der Waals surface area contributed by atoms with Crippen molar-refractivity contribution in [1.82, 2.24) is 29.7 Å². The highest BCUT2D eigenvalue weighted by molar-refractivity contribution is 6.36. The number of carboxylic acids is 1. The molecule has 0 saturated heterocycles. The number of anilines is 2. The Morgan fingerprint density at radius 1 is 0.960 bits per heavy atom. The number of carbonyl (C=O) groups excluding carboxylic acids is 2. The Hall–Kier alpha value is -4.52. The van der Waals surface area contributed by atoms with Crippen molar-refractivity contribution in [2.45, 2.75) is 65.0 Å². The number of imidazole rings is 2. The summed E-state index contributed by atoms with van der Waals surface area (Å²) < 4.78 is 1.85. The molecule has 2 aromatic heterocycles. The molecule has 0 spiro atoms. The number of H-pyrrole nitrogens is 1. The Morgan fingerprint density at radius 3 is 2.46 bits per heavy atom. The van der Waals surface area contributed by atoms with Crippen LogP contribution >= 0.6 is 11.6 Å². The number of carboxylic acid groups (broad SMARTS) is 1. The quantitative estimate of drug-likeness (QED) is 0.152. The van der Waals surface area contributed by atoms with Gasteiger partial charge in [-0.3, -0.25) is 19.3 Å². The third-order valence-corrected chi connectivity index (χ3v) is 11.0. The van der Waals surface area contributed by atoms with Crippen molar-refractivity contribution in [3.05, 3.63) is 81.4 Å². The SMILES string of the molecule is Cc1c(NC(=O)c2nc3c([nH]2)CN(CCC2CCC(C(=O)O)CC2)CC3)cccc1-c1cccc(NC(=O)c2nc3c(n2C)CCNC3)c1Cl. The van der Waals surface area contributed by atoms with Gasteiger partial charge in [0.1, 0.15) is 0 Å². The number of nitrogens with zero attached hydrogens (tertiary/aromatic N) is 4. The van der Waals surface area contributed by atoms with E-state index in [2.05, 4.69) is 35.8 Å². The second kappa shape index (κ2) is 14.4. The van der Waals surface area contributed by atoms with Crippen molar-refractivity contribution >= 4 is 40.8 Å². The number of aliphatic carboxylic acids is 1. The number of aromatic nitrogens is 4. The molecule has 0 bridgehead atoms. The van der Waals surface area contributed by atoms with Gasteiger partial charge < -0.3 is 30.6 Å². The molecule has 4 heterocycles. The third-order valence-electron chi connectivity index (χ3n) is 10.6. The first-order chi connectivity index (χ1) is 24.2. The molecule has 12 nitrogen and oxygen atoms in total. The molecule has 13 heteroatoms. The van der Waals surface area contributed by atoms with Crippen LogP contribution in [0.3, 0.4) is 0 Å². The molecule has 0 atom stereocenters. The van der Waals surface area contributed by atoms with Crippen molar-refractivity contribution in [2.75, 3.05) is 30.3 Å². The van der Waals surface area contributed by atoms with Gasteiger partial charge in [-0.2, -0.15) is 0 Å². The maximum absolute atomic E-state index is 13.5. The smallest absolute Gasteiger partial charge is 0.306 e. The largest absolute Gasteiger partial charge is 0.481 e. The molecule has 2 aliphatic heterocycles. The molecule has 2 amide bonds. The number of hydrogen-bond acceptors (Lipinski definition) is 7. The van der Waals surface area contributed by atoms with E-state index in [4.69, 9.17) is 11.6 Å². The number of aromatic amines is 1. The van der Waals surface area contributed by atoms with Gasteiger partial charge in [0.25, 0.3) is 11.8 Å². The van der Waals surface area contributed by atoms with Gasteiger partial charge in [-0.1, -0.05) is 35.9 Å². The molecule has 262 valence electrons. The Kier molecular flexibility index (Phi) is 9.76. The van der Waals surface area contributed by atoms with Gasteiger partial charge >= 0.3 is 5.97 Å². The predicted octanol–water partition coefficient (Wildman–Crippen LogP) is 5.56. The molecule has 1 fully saturated rings. The van der Waals surface area contributed by atoms with Gasteiger partial charge in [-0.15, -0.1) is 0 Å². The van der Waals surface area contributed by atoms with Crippen molar-refractivity contribution in [1.29, 1.82) is 0 Å². The summed E-state index contributed by atoms with van der Waals surface area (Å²) in [4.78, 5) is 52.9. The average molecular weight is 699 g/mol. The fraction of sp³-hybridized carbons (Fsp3) is 0.432. The fourth-order valence-electron chi connectivity index (χ4n) is 7.63.